The zero-order valence-electron chi connectivity index (χ0n) is 28.7. The number of fused-ring (bicyclic) bond motifs is 2. The summed E-state index contributed by atoms with van der Waals surface area (Å²) in [6.45, 7) is 27.8. The predicted molar refractivity (Wildman–Crippen MR) is 201 cm³/mol. The number of quaternary nitrogens is 2. The summed E-state index contributed by atoms with van der Waals surface area (Å²) in [5.41, 5.74) is 3.83. The predicted octanol–water partition coefficient (Wildman–Crippen LogP) is 10.3. The SMILES string of the molecule is CCC(/C=C1\Sc2ccc(Cl)cc2N1CCC[N+](CC)(CC)CC)=C\c1sc2ccc(Cl)cc2[n+]1CCC[N+](CC)(CC)CC. The lowest BCUT2D eigenvalue weighted by Crippen LogP contribution is -2.49. The summed E-state index contributed by atoms with van der Waals surface area (Å²) in [7, 11) is 0. The summed E-state index contributed by atoms with van der Waals surface area (Å²) >= 11 is 16.8. The second kappa shape index (κ2) is 16.5. The van der Waals surface area contributed by atoms with Crippen LogP contribution in [-0.2, 0) is 6.54 Å². The van der Waals surface area contributed by atoms with E-state index in [2.05, 4.69) is 94.4 Å². The zero-order valence-corrected chi connectivity index (χ0v) is 31.8. The lowest BCUT2D eigenvalue weighted by molar-refractivity contribution is -0.925. The van der Waals surface area contributed by atoms with Gasteiger partial charge in [0.05, 0.1) is 69.5 Å². The molecule has 0 N–H and O–H groups in total. The minimum absolute atomic E-state index is 0.800. The molecule has 0 bridgehead atoms. The number of thiazole rings is 1. The highest BCUT2D eigenvalue weighted by Gasteiger charge is 2.28. The summed E-state index contributed by atoms with van der Waals surface area (Å²) < 4.78 is 6.15. The van der Waals surface area contributed by atoms with E-state index >= 15 is 0 Å². The number of halogens is 2. The van der Waals surface area contributed by atoms with E-state index in [-0.39, 0.29) is 0 Å². The molecule has 2 aromatic carbocycles. The summed E-state index contributed by atoms with van der Waals surface area (Å²) in [5.74, 6) is 0. The van der Waals surface area contributed by atoms with Gasteiger partial charge in [0.2, 0.25) is 5.52 Å². The Bertz CT molecular complexity index is 1470. The first-order chi connectivity index (χ1) is 21.7. The highest BCUT2D eigenvalue weighted by molar-refractivity contribution is 8.03. The van der Waals surface area contributed by atoms with Crippen molar-refractivity contribution in [1.29, 1.82) is 0 Å². The number of aromatic nitrogens is 1. The van der Waals surface area contributed by atoms with Crippen LogP contribution in [0.15, 0.2) is 58.0 Å². The van der Waals surface area contributed by atoms with Gasteiger partial charge in [0, 0.05) is 40.0 Å². The topological polar surface area (TPSA) is 7.12 Å². The van der Waals surface area contributed by atoms with Crippen LogP contribution in [0, 0.1) is 0 Å². The monoisotopic (exact) mass is 689 g/mol. The van der Waals surface area contributed by atoms with Crippen LogP contribution in [0.3, 0.4) is 0 Å². The molecule has 1 aliphatic rings. The van der Waals surface area contributed by atoms with Crippen LogP contribution < -0.4 is 9.47 Å². The van der Waals surface area contributed by atoms with Crippen LogP contribution in [0.4, 0.5) is 5.69 Å². The molecule has 4 nitrogen and oxygen atoms in total. The van der Waals surface area contributed by atoms with Gasteiger partial charge in [-0.15, -0.1) is 0 Å². The molecule has 0 saturated heterocycles. The quantitative estimate of drug-likeness (QED) is 0.103. The molecule has 45 heavy (non-hydrogen) atoms. The first-order valence-corrected chi connectivity index (χ1v) is 19.6. The molecule has 0 saturated carbocycles. The summed E-state index contributed by atoms with van der Waals surface area (Å²) in [6, 6.07) is 12.7. The maximum atomic E-state index is 6.53. The molecule has 0 amide bonds. The van der Waals surface area contributed by atoms with Crippen LogP contribution in [0.25, 0.3) is 16.3 Å². The lowest BCUT2D eigenvalue weighted by atomic mass is 10.1. The van der Waals surface area contributed by atoms with E-state index < -0.39 is 0 Å². The second-order valence-corrected chi connectivity index (χ2v) is 15.4. The number of rotatable bonds is 17. The molecule has 1 aromatic heterocycles. The van der Waals surface area contributed by atoms with E-state index in [0.717, 1.165) is 42.4 Å². The third kappa shape index (κ3) is 8.49. The van der Waals surface area contributed by atoms with Crippen LogP contribution in [0.5, 0.6) is 0 Å². The van der Waals surface area contributed by atoms with E-state index in [9.17, 15) is 0 Å². The molecule has 4 rings (SSSR count). The molecule has 3 aromatic rings. The summed E-state index contributed by atoms with van der Waals surface area (Å²) in [5, 5.41) is 4.20. The normalized spacial score (nSPS) is 15.1. The fraction of sp³-hybridized carbons (Fsp3) is 0.541. The van der Waals surface area contributed by atoms with Crippen molar-refractivity contribution in [3.63, 3.8) is 0 Å². The van der Waals surface area contributed by atoms with Crippen LogP contribution >= 0.6 is 46.3 Å². The maximum Gasteiger partial charge on any atom is 0.263 e. The molecule has 0 aliphatic carbocycles. The van der Waals surface area contributed by atoms with Crippen molar-refractivity contribution in [2.24, 2.45) is 0 Å². The first-order valence-electron chi connectivity index (χ1n) is 17.2. The number of aryl methyl sites for hydroxylation is 1. The lowest BCUT2D eigenvalue weighted by Gasteiger charge is -2.36. The summed E-state index contributed by atoms with van der Waals surface area (Å²) in [6.07, 6.45) is 8.11. The van der Waals surface area contributed by atoms with Crippen molar-refractivity contribution in [2.45, 2.75) is 79.2 Å². The van der Waals surface area contributed by atoms with E-state index in [1.54, 1.807) is 0 Å². The molecular weight excluding hydrogens is 635 g/mol. The van der Waals surface area contributed by atoms with Gasteiger partial charge in [-0.2, -0.15) is 4.57 Å². The molecule has 0 fully saturated rings. The third-order valence-corrected chi connectivity index (χ3v) is 13.2. The molecule has 0 radical (unpaired) electrons. The second-order valence-electron chi connectivity index (χ2n) is 12.4. The van der Waals surface area contributed by atoms with Crippen LogP contribution in [0.1, 0.15) is 72.7 Å². The molecule has 2 heterocycles. The molecule has 246 valence electrons. The Balaban J connectivity index is 1.67. The maximum absolute atomic E-state index is 6.53. The molecule has 0 unspecified atom stereocenters. The number of hydrogen-bond donors (Lipinski definition) is 0. The van der Waals surface area contributed by atoms with E-state index in [0.29, 0.717) is 0 Å². The Kier molecular flexibility index (Phi) is 13.3. The fourth-order valence-corrected chi connectivity index (χ4v) is 9.43. The minimum Gasteiger partial charge on any atom is -0.335 e. The van der Waals surface area contributed by atoms with Gasteiger partial charge in [-0.3, -0.25) is 0 Å². The molecular formula is C37H55Cl2N4S2+3. The smallest absolute Gasteiger partial charge is 0.263 e. The van der Waals surface area contributed by atoms with Crippen molar-refractivity contribution in [3.05, 3.63) is 68.1 Å². The van der Waals surface area contributed by atoms with Crippen LogP contribution in [-0.4, -0.2) is 67.9 Å². The van der Waals surface area contributed by atoms with Gasteiger partial charge < -0.3 is 13.9 Å². The number of thioether (sulfide) groups is 1. The number of allylic oxidation sites excluding steroid dienone is 2. The van der Waals surface area contributed by atoms with Gasteiger partial charge >= 0.3 is 0 Å². The Morgan fingerprint density at radius 2 is 1.40 bits per heavy atom. The van der Waals surface area contributed by atoms with Gasteiger partial charge in [-0.1, -0.05) is 53.2 Å². The highest BCUT2D eigenvalue weighted by Crippen LogP contribution is 2.47. The first kappa shape index (κ1) is 36.3. The number of benzene rings is 2. The summed E-state index contributed by atoms with van der Waals surface area (Å²) in [4.78, 5) is 3.81. The largest absolute Gasteiger partial charge is 0.335 e. The Labute approximate surface area is 291 Å². The Morgan fingerprint density at radius 3 is 2.02 bits per heavy atom. The number of nitrogens with zero attached hydrogens (tertiary/aromatic N) is 4. The third-order valence-electron chi connectivity index (χ3n) is 10.5. The van der Waals surface area contributed by atoms with Gasteiger partial charge in [0.1, 0.15) is 4.70 Å². The van der Waals surface area contributed by atoms with Crippen molar-refractivity contribution >= 4 is 68.3 Å². The van der Waals surface area contributed by atoms with Crippen molar-refractivity contribution in [2.75, 3.05) is 63.8 Å². The van der Waals surface area contributed by atoms with Crippen molar-refractivity contribution in [3.8, 4) is 0 Å². The molecule has 0 atom stereocenters. The van der Waals surface area contributed by atoms with Gasteiger partial charge in [-0.25, -0.2) is 0 Å². The van der Waals surface area contributed by atoms with Crippen LogP contribution in [0.2, 0.25) is 10.0 Å². The average Bonchev–Trinajstić information content (AvgIpc) is 3.57. The highest BCUT2D eigenvalue weighted by atomic mass is 35.5. The van der Waals surface area contributed by atoms with Gasteiger partial charge in [0.15, 0.2) is 6.54 Å². The minimum atomic E-state index is 0.800. The fourth-order valence-electron chi connectivity index (χ4n) is 6.81. The molecule has 0 spiro atoms. The van der Waals surface area contributed by atoms with Gasteiger partial charge in [-0.05, 0) is 89.9 Å². The van der Waals surface area contributed by atoms with Crippen molar-refractivity contribution in [1.82, 2.24) is 0 Å². The Morgan fingerprint density at radius 1 is 0.800 bits per heavy atom. The van der Waals surface area contributed by atoms with E-state index in [1.807, 2.05) is 35.2 Å². The standard InChI is InChI=1S/C37H55Cl2N4S2/c1-8-29(25-36-40(21-15-23-42(9-2,10-3)11-4)32-27-30(38)17-19-34(32)44-36)26-37-41(22-16-24-43(12-5,13-6)14-7)33-28-31(39)18-20-35(33)45-37/h17-20,25-28H,8-16,21-24H2,1-7H3/q+3. The zero-order chi connectivity index (χ0) is 32.6. The van der Waals surface area contributed by atoms with E-state index in [4.69, 9.17) is 23.2 Å². The van der Waals surface area contributed by atoms with E-state index in [1.165, 1.54) is 97.7 Å². The average molecular weight is 691 g/mol. The number of hydrogen-bond acceptors (Lipinski definition) is 3. The number of anilines is 1. The Hall–Kier alpha value is -1.54. The van der Waals surface area contributed by atoms with Crippen molar-refractivity contribution < 1.29 is 13.5 Å². The van der Waals surface area contributed by atoms with Gasteiger partial charge in [0.25, 0.3) is 5.01 Å². The molecule has 8 heteroatoms. The molecule has 1 aliphatic heterocycles.